The second-order valence-corrected chi connectivity index (χ2v) is 8.40. The maximum Gasteiger partial charge on any atom is 0.265 e. The third-order valence-corrected chi connectivity index (χ3v) is 6.48. The fourth-order valence-corrected chi connectivity index (χ4v) is 4.13. The molecular formula is C15H10Br2ClN3OS. The summed E-state index contributed by atoms with van der Waals surface area (Å²) in [6.45, 7) is 0.590. The SMILES string of the molecule is O=C(Nc1cnn(Cc2cccc(Cl)c2)c1)c1cc(Br)c(Br)s1. The van der Waals surface area contributed by atoms with Gasteiger partial charge in [0.05, 0.1) is 27.1 Å². The van der Waals surface area contributed by atoms with E-state index >= 15 is 0 Å². The average Bonchev–Trinajstić information content (AvgIpc) is 3.06. The lowest BCUT2D eigenvalue weighted by Gasteiger charge is -2.02. The quantitative estimate of drug-likeness (QED) is 0.548. The van der Waals surface area contributed by atoms with Crippen LogP contribution in [0.15, 0.2) is 51.0 Å². The van der Waals surface area contributed by atoms with Crippen molar-refractivity contribution in [2.24, 2.45) is 0 Å². The van der Waals surface area contributed by atoms with E-state index in [1.807, 2.05) is 24.3 Å². The molecule has 0 radical (unpaired) electrons. The van der Waals surface area contributed by atoms with Crippen molar-refractivity contribution >= 4 is 66.4 Å². The van der Waals surface area contributed by atoms with Crippen LogP contribution in [0, 0.1) is 0 Å². The van der Waals surface area contributed by atoms with Gasteiger partial charge in [-0.25, -0.2) is 0 Å². The smallest absolute Gasteiger partial charge is 0.265 e. The number of aromatic nitrogens is 2. The first-order chi connectivity index (χ1) is 11.0. The molecule has 118 valence electrons. The number of carbonyl (C=O) groups excluding carboxylic acids is 1. The van der Waals surface area contributed by atoms with Crippen LogP contribution in [-0.2, 0) is 6.54 Å². The largest absolute Gasteiger partial charge is 0.319 e. The number of thiophene rings is 1. The second kappa shape index (κ2) is 7.17. The molecule has 0 bridgehead atoms. The fourth-order valence-electron chi connectivity index (χ4n) is 1.99. The van der Waals surface area contributed by atoms with Crippen LogP contribution in [0.4, 0.5) is 5.69 Å². The number of benzene rings is 1. The van der Waals surface area contributed by atoms with Crippen LogP contribution in [0.5, 0.6) is 0 Å². The number of anilines is 1. The van der Waals surface area contributed by atoms with E-state index in [1.54, 1.807) is 23.1 Å². The average molecular weight is 476 g/mol. The fraction of sp³-hybridized carbons (Fsp3) is 0.0667. The highest BCUT2D eigenvalue weighted by molar-refractivity contribution is 9.13. The van der Waals surface area contributed by atoms with Gasteiger partial charge in [0.1, 0.15) is 0 Å². The lowest BCUT2D eigenvalue weighted by Crippen LogP contribution is -2.09. The zero-order chi connectivity index (χ0) is 16.4. The zero-order valence-corrected chi connectivity index (χ0v) is 16.3. The van der Waals surface area contributed by atoms with E-state index in [1.165, 1.54) is 11.3 Å². The predicted molar refractivity (Wildman–Crippen MR) is 100 cm³/mol. The minimum atomic E-state index is -0.163. The molecule has 0 aliphatic carbocycles. The van der Waals surface area contributed by atoms with Gasteiger partial charge in [-0.3, -0.25) is 9.48 Å². The number of amides is 1. The summed E-state index contributed by atoms with van der Waals surface area (Å²) in [5, 5.41) is 7.78. The summed E-state index contributed by atoms with van der Waals surface area (Å²) < 4.78 is 3.50. The molecule has 0 saturated heterocycles. The summed E-state index contributed by atoms with van der Waals surface area (Å²) in [6.07, 6.45) is 3.41. The van der Waals surface area contributed by atoms with Crippen molar-refractivity contribution in [3.8, 4) is 0 Å². The van der Waals surface area contributed by atoms with E-state index in [4.69, 9.17) is 11.6 Å². The Labute approximate surface area is 158 Å². The Bertz CT molecular complexity index is 843. The highest BCUT2D eigenvalue weighted by Crippen LogP contribution is 2.32. The highest BCUT2D eigenvalue weighted by Gasteiger charge is 2.13. The Hall–Kier alpha value is -1.15. The molecule has 1 amide bonds. The first kappa shape index (κ1) is 16.7. The van der Waals surface area contributed by atoms with Gasteiger partial charge in [0, 0.05) is 15.7 Å². The van der Waals surface area contributed by atoms with Crippen LogP contribution in [0.3, 0.4) is 0 Å². The van der Waals surface area contributed by atoms with E-state index < -0.39 is 0 Å². The molecule has 0 saturated carbocycles. The third kappa shape index (κ3) is 4.23. The molecule has 0 spiro atoms. The Morgan fingerprint density at radius 3 is 2.87 bits per heavy atom. The van der Waals surface area contributed by atoms with Gasteiger partial charge in [0.15, 0.2) is 0 Å². The van der Waals surface area contributed by atoms with E-state index in [0.29, 0.717) is 22.1 Å². The van der Waals surface area contributed by atoms with Crippen molar-refractivity contribution in [1.82, 2.24) is 9.78 Å². The molecule has 0 unspecified atom stereocenters. The van der Waals surface area contributed by atoms with Crippen molar-refractivity contribution in [2.45, 2.75) is 6.54 Å². The van der Waals surface area contributed by atoms with Crippen LogP contribution in [-0.4, -0.2) is 15.7 Å². The van der Waals surface area contributed by atoms with Gasteiger partial charge >= 0.3 is 0 Å². The van der Waals surface area contributed by atoms with E-state index in [9.17, 15) is 4.79 Å². The van der Waals surface area contributed by atoms with E-state index in [-0.39, 0.29) is 5.91 Å². The third-order valence-electron chi connectivity index (χ3n) is 2.99. The van der Waals surface area contributed by atoms with Crippen molar-refractivity contribution in [3.63, 3.8) is 0 Å². The van der Waals surface area contributed by atoms with Crippen LogP contribution in [0.2, 0.25) is 5.02 Å². The van der Waals surface area contributed by atoms with Crippen molar-refractivity contribution in [1.29, 1.82) is 0 Å². The number of halogens is 3. The van der Waals surface area contributed by atoms with Crippen LogP contribution in [0.25, 0.3) is 0 Å². The van der Waals surface area contributed by atoms with Gasteiger partial charge in [-0.15, -0.1) is 11.3 Å². The molecule has 1 aromatic carbocycles. The minimum absolute atomic E-state index is 0.163. The molecule has 2 aromatic heterocycles. The Morgan fingerprint density at radius 2 is 2.17 bits per heavy atom. The summed E-state index contributed by atoms with van der Waals surface area (Å²) in [5.74, 6) is -0.163. The maximum atomic E-state index is 12.2. The molecule has 8 heteroatoms. The maximum absolute atomic E-state index is 12.2. The Morgan fingerprint density at radius 1 is 1.35 bits per heavy atom. The van der Waals surface area contributed by atoms with Gasteiger partial charge in [0.25, 0.3) is 5.91 Å². The lowest BCUT2D eigenvalue weighted by atomic mass is 10.2. The number of rotatable bonds is 4. The van der Waals surface area contributed by atoms with Gasteiger partial charge in [0.2, 0.25) is 0 Å². The van der Waals surface area contributed by atoms with Crippen molar-refractivity contribution < 1.29 is 4.79 Å². The van der Waals surface area contributed by atoms with E-state index in [0.717, 1.165) is 13.8 Å². The number of hydrogen-bond acceptors (Lipinski definition) is 3. The number of carbonyl (C=O) groups is 1. The molecule has 0 atom stereocenters. The standard InChI is InChI=1S/C15H10Br2ClN3OS/c16-12-5-13(23-14(12)17)15(22)20-11-6-19-21(8-11)7-9-2-1-3-10(18)4-9/h1-6,8H,7H2,(H,20,22). The highest BCUT2D eigenvalue weighted by atomic mass is 79.9. The molecule has 0 aliphatic rings. The molecule has 2 heterocycles. The number of nitrogens with zero attached hydrogens (tertiary/aromatic N) is 2. The molecule has 3 rings (SSSR count). The molecule has 4 nitrogen and oxygen atoms in total. The second-order valence-electron chi connectivity index (χ2n) is 4.74. The molecule has 0 aliphatic heterocycles. The Balaban J connectivity index is 1.68. The summed E-state index contributed by atoms with van der Waals surface area (Å²) in [7, 11) is 0. The molecule has 1 N–H and O–H groups in total. The normalized spacial score (nSPS) is 10.7. The molecule has 3 aromatic rings. The van der Waals surface area contributed by atoms with Crippen molar-refractivity contribution in [3.05, 3.63) is 66.4 Å². The molecule has 0 fully saturated rings. The number of nitrogens with one attached hydrogen (secondary N) is 1. The molecular weight excluding hydrogens is 466 g/mol. The summed E-state index contributed by atoms with van der Waals surface area (Å²) in [5.41, 5.74) is 1.70. The first-order valence-corrected chi connectivity index (χ1v) is 9.32. The summed E-state index contributed by atoms with van der Waals surface area (Å²) in [4.78, 5) is 12.8. The van der Waals surface area contributed by atoms with E-state index in [2.05, 4.69) is 42.3 Å². The summed E-state index contributed by atoms with van der Waals surface area (Å²) >= 11 is 14.1. The number of hydrogen-bond donors (Lipinski definition) is 1. The predicted octanol–water partition coefficient (Wildman–Crippen LogP) is 5.42. The van der Waals surface area contributed by atoms with Crippen molar-refractivity contribution in [2.75, 3.05) is 5.32 Å². The van der Waals surface area contributed by atoms with Gasteiger partial charge in [-0.05, 0) is 55.6 Å². The van der Waals surface area contributed by atoms with Crippen LogP contribution in [0.1, 0.15) is 15.2 Å². The summed E-state index contributed by atoms with van der Waals surface area (Å²) in [6, 6.07) is 9.38. The topological polar surface area (TPSA) is 46.9 Å². The van der Waals surface area contributed by atoms with Gasteiger partial charge < -0.3 is 5.32 Å². The van der Waals surface area contributed by atoms with Gasteiger partial charge in [-0.1, -0.05) is 23.7 Å². The molecule has 23 heavy (non-hydrogen) atoms. The zero-order valence-electron chi connectivity index (χ0n) is 11.6. The van der Waals surface area contributed by atoms with Crippen LogP contribution >= 0.6 is 54.8 Å². The monoisotopic (exact) mass is 473 g/mol. The first-order valence-electron chi connectivity index (χ1n) is 6.54. The lowest BCUT2D eigenvalue weighted by molar-refractivity contribution is 0.103. The minimum Gasteiger partial charge on any atom is -0.319 e. The van der Waals surface area contributed by atoms with Gasteiger partial charge in [-0.2, -0.15) is 5.10 Å². The van der Waals surface area contributed by atoms with Crippen LogP contribution < -0.4 is 5.32 Å². The Kier molecular flexibility index (Phi) is 5.21.